The Morgan fingerprint density at radius 1 is 1.00 bits per heavy atom. The van der Waals surface area contributed by atoms with Crippen molar-refractivity contribution in [1.82, 2.24) is 4.98 Å². The van der Waals surface area contributed by atoms with Gasteiger partial charge in [0.05, 0.1) is 7.13 Å². The van der Waals surface area contributed by atoms with Crippen molar-refractivity contribution in [3.63, 3.8) is 0 Å². The Morgan fingerprint density at radius 3 is 2.16 bits per heavy atom. The number of aliphatic hydroxyl groups is 1. The van der Waals surface area contributed by atoms with E-state index in [1.165, 1.54) is 21.9 Å². The number of carbonyl (C=O) groups is 1. The average Bonchev–Trinajstić information content (AvgIpc) is 2.88. The molecule has 0 unspecified atom stereocenters. The van der Waals surface area contributed by atoms with Crippen LogP contribution in [0.25, 0.3) is 22.0 Å². The van der Waals surface area contributed by atoms with Gasteiger partial charge in [-0.3, -0.25) is 4.79 Å². The van der Waals surface area contributed by atoms with Crippen molar-refractivity contribution in [3.05, 3.63) is 77.2 Å². The summed E-state index contributed by atoms with van der Waals surface area (Å²) >= 11 is 0. The van der Waals surface area contributed by atoms with E-state index in [1.54, 1.807) is 0 Å². The van der Waals surface area contributed by atoms with Crippen molar-refractivity contribution in [3.8, 4) is 11.3 Å². The summed E-state index contributed by atoms with van der Waals surface area (Å²) in [6.07, 6.45) is 4.89. The Hall–Kier alpha value is -2.29. The third kappa shape index (κ3) is 9.20. The normalized spacial score (nSPS) is 12.1. The van der Waals surface area contributed by atoms with Gasteiger partial charge in [-0.1, -0.05) is 73.6 Å². The van der Waals surface area contributed by atoms with Gasteiger partial charge in [0.15, 0.2) is 5.78 Å². The Balaban J connectivity index is 0.000000387. The largest absolute Gasteiger partial charge is 0.512 e. The first-order chi connectivity index (χ1) is 17.6. The standard InChI is InChI=1S/C20H20N.C13H24O2.Ir/c1-13(2)16-5-6-19-17(12-16)7-8-21-20(19)18-10-14(3)9-15(4)11-18;1-5-10(6-2)12(14)9-13(15)11(7-3)8-4;/h5-10,12-13H,1-4H3;9-11,14H,5-8H2,1-4H3;/q-1;;/b;12-9-;/i;9D;. The molecule has 0 spiro atoms. The number of hydrogen-bond donors (Lipinski definition) is 1. The predicted molar refractivity (Wildman–Crippen MR) is 153 cm³/mol. The number of aryl methyl sites for hydroxylation is 2. The number of benzene rings is 2. The van der Waals surface area contributed by atoms with Crippen LogP contribution in [-0.4, -0.2) is 15.9 Å². The predicted octanol–water partition coefficient (Wildman–Crippen LogP) is 9.31. The first-order valence-corrected chi connectivity index (χ1v) is 13.4. The molecule has 37 heavy (non-hydrogen) atoms. The quantitative estimate of drug-likeness (QED) is 0.139. The molecule has 3 aromatic rings. The fourth-order valence-electron chi connectivity index (χ4n) is 4.46. The van der Waals surface area contributed by atoms with Crippen LogP contribution in [-0.2, 0) is 24.9 Å². The van der Waals surface area contributed by atoms with E-state index in [0.717, 1.165) is 42.5 Å². The van der Waals surface area contributed by atoms with Crippen molar-refractivity contribution in [1.29, 1.82) is 0 Å². The first kappa shape index (κ1) is 30.9. The molecule has 0 aliphatic carbocycles. The topological polar surface area (TPSA) is 50.2 Å². The number of hydrogen-bond acceptors (Lipinski definition) is 3. The van der Waals surface area contributed by atoms with E-state index in [2.05, 4.69) is 75.1 Å². The van der Waals surface area contributed by atoms with Gasteiger partial charge in [-0.25, -0.2) is 0 Å². The van der Waals surface area contributed by atoms with Crippen LogP contribution in [0.3, 0.4) is 0 Å². The molecule has 0 atom stereocenters. The van der Waals surface area contributed by atoms with Crippen molar-refractivity contribution >= 4 is 16.6 Å². The van der Waals surface area contributed by atoms with Crippen LogP contribution < -0.4 is 0 Å². The number of carbonyl (C=O) groups excluding carboxylic acids is 1. The number of aliphatic hydroxyl groups excluding tert-OH is 1. The summed E-state index contributed by atoms with van der Waals surface area (Å²) in [6.45, 7) is 16.4. The monoisotopic (exact) mass is 680 g/mol. The molecule has 0 aliphatic rings. The minimum absolute atomic E-state index is 0. The van der Waals surface area contributed by atoms with E-state index in [0.29, 0.717) is 5.92 Å². The van der Waals surface area contributed by atoms with Crippen molar-refractivity contribution in [2.24, 2.45) is 11.8 Å². The molecule has 203 valence electrons. The van der Waals surface area contributed by atoms with Crippen LogP contribution in [0, 0.1) is 31.7 Å². The molecule has 0 bridgehead atoms. The van der Waals surface area contributed by atoms with Crippen LogP contribution in [0.15, 0.2) is 54.4 Å². The number of nitrogens with zero attached hydrogens (tertiary/aromatic N) is 1. The molecule has 0 saturated heterocycles. The maximum Gasteiger partial charge on any atom is 0.162 e. The first-order valence-electron chi connectivity index (χ1n) is 13.9. The number of ketones is 1. The van der Waals surface area contributed by atoms with Gasteiger partial charge in [0.1, 0.15) is 0 Å². The SMILES string of the molecule is Cc1[c-]c(-c2nccc3cc(C(C)C)ccc23)cc(C)c1.[2H]/C(C(=O)C(CC)CC)=C(/O)C(CC)CC.[Ir]. The zero-order chi connectivity index (χ0) is 27.7. The van der Waals surface area contributed by atoms with E-state index in [-0.39, 0.29) is 49.5 Å². The molecule has 1 radical (unpaired) electrons. The summed E-state index contributed by atoms with van der Waals surface area (Å²) in [6, 6.07) is 16.3. The molecule has 4 heteroatoms. The second kappa shape index (κ2) is 15.8. The third-order valence-corrected chi connectivity index (χ3v) is 6.84. The Morgan fingerprint density at radius 2 is 1.62 bits per heavy atom. The fraction of sp³-hybridized carbons (Fsp3) is 0.455. The fourth-order valence-corrected chi connectivity index (χ4v) is 4.46. The molecule has 0 amide bonds. The Kier molecular flexibility index (Phi) is 13.2. The zero-order valence-corrected chi connectivity index (χ0v) is 26.1. The van der Waals surface area contributed by atoms with Crippen molar-refractivity contribution < 1.29 is 31.4 Å². The van der Waals surface area contributed by atoms with Gasteiger partial charge in [0.2, 0.25) is 0 Å². The Bertz CT molecular complexity index is 1210. The van der Waals surface area contributed by atoms with Gasteiger partial charge < -0.3 is 10.1 Å². The summed E-state index contributed by atoms with van der Waals surface area (Å²) in [5.41, 5.74) is 5.87. The summed E-state index contributed by atoms with van der Waals surface area (Å²) < 4.78 is 7.74. The number of allylic oxidation sites excluding steroid dienone is 2. The van der Waals surface area contributed by atoms with Crippen molar-refractivity contribution in [2.75, 3.05) is 0 Å². The molecule has 1 N–H and O–H groups in total. The maximum absolute atomic E-state index is 11.9. The molecule has 0 fully saturated rings. The van der Waals surface area contributed by atoms with Gasteiger partial charge >= 0.3 is 0 Å². The van der Waals surface area contributed by atoms with E-state index < -0.39 is 0 Å². The maximum atomic E-state index is 11.9. The minimum atomic E-state index is -0.214. The molecule has 3 rings (SSSR count). The average molecular weight is 680 g/mol. The van der Waals surface area contributed by atoms with Crippen LogP contribution in [0.4, 0.5) is 0 Å². The summed E-state index contributed by atoms with van der Waals surface area (Å²) in [5, 5.41) is 12.3. The van der Waals surface area contributed by atoms with Gasteiger partial charge in [0.25, 0.3) is 0 Å². The minimum Gasteiger partial charge on any atom is -0.512 e. The second-order valence-electron chi connectivity index (χ2n) is 9.95. The summed E-state index contributed by atoms with van der Waals surface area (Å²) in [5.74, 6) is 0.130. The van der Waals surface area contributed by atoms with E-state index >= 15 is 0 Å². The van der Waals surface area contributed by atoms with Crippen LogP contribution >= 0.6 is 0 Å². The molecule has 0 aliphatic heterocycles. The van der Waals surface area contributed by atoms with E-state index in [4.69, 9.17) is 1.37 Å². The van der Waals surface area contributed by atoms with Gasteiger partial charge in [-0.2, -0.15) is 0 Å². The Labute approximate surface area is 239 Å². The molecule has 2 aromatic carbocycles. The molecule has 1 aromatic heterocycles. The molecular formula is C33H44IrNO2-. The van der Waals surface area contributed by atoms with Crippen molar-refractivity contribution in [2.45, 2.75) is 87.0 Å². The van der Waals surface area contributed by atoms with Crippen LogP contribution in [0.5, 0.6) is 0 Å². The van der Waals surface area contributed by atoms with Gasteiger partial charge in [-0.05, 0) is 59.7 Å². The molecular weight excluding hydrogens is 635 g/mol. The number of rotatable bonds is 9. The summed E-state index contributed by atoms with van der Waals surface area (Å²) in [7, 11) is 0. The van der Waals surface area contributed by atoms with E-state index in [9.17, 15) is 9.90 Å². The van der Waals surface area contributed by atoms with Gasteiger partial charge in [0, 0.05) is 44.2 Å². The number of aromatic nitrogens is 1. The molecule has 3 nitrogen and oxygen atoms in total. The van der Waals surface area contributed by atoms with Crippen LogP contribution in [0.1, 0.15) is 91.2 Å². The summed E-state index contributed by atoms with van der Waals surface area (Å²) in [4.78, 5) is 16.5. The second-order valence-corrected chi connectivity index (χ2v) is 9.95. The smallest absolute Gasteiger partial charge is 0.162 e. The van der Waals surface area contributed by atoms with E-state index in [1.807, 2.05) is 33.9 Å². The number of pyridine rings is 1. The van der Waals surface area contributed by atoms with Gasteiger partial charge in [-0.15, -0.1) is 34.9 Å². The molecule has 1 heterocycles. The van der Waals surface area contributed by atoms with Crippen LogP contribution in [0.2, 0.25) is 0 Å². The third-order valence-electron chi connectivity index (χ3n) is 6.84. The zero-order valence-electron chi connectivity index (χ0n) is 24.7. The molecule has 0 saturated carbocycles. The number of fused-ring (bicyclic) bond motifs is 1.